The summed E-state index contributed by atoms with van der Waals surface area (Å²) < 4.78 is 29.8. The highest BCUT2D eigenvalue weighted by molar-refractivity contribution is 6.35. The number of aryl methyl sites for hydroxylation is 4. The minimum atomic E-state index is -1.05. The largest absolute Gasteiger partial charge is 0.493 e. The van der Waals surface area contributed by atoms with E-state index in [0.717, 1.165) is 66.4 Å². The lowest BCUT2D eigenvalue weighted by Crippen LogP contribution is -2.50. The number of halogens is 2. The van der Waals surface area contributed by atoms with E-state index in [9.17, 15) is 28.7 Å². The van der Waals surface area contributed by atoms with Gasteiger partial charge in [0.05, 0.1) is 34.3 Å². The molecule has 2 aliphatic heterocycles. The van der Waals surface area contributed by atoms with Crippen LogP contribution in [0, 0.1) is 26.6 Å². The fraction of sp³-hybridized carbons (Fsp3) is 0.333. The number of nitrogens with one attached hydrogen (secondary N) is 1. The van der Waals surface area contributed by atoms with Gasteiger partial charge < -0.3 is 24.0 Å². The molecule has 2 N–H and O–H groups in total. The number of imide groups is 1. The molecule has 0 aliphatic carbocycles. The summed E-state index contributed by atoms with van der Waals surface area (Å²) in [5, 5.41) is 21.6. The van der Waals surface area contributed by atoms with Crippen molar-refractivity contribution in [2.75, 3.05) is 45.9 Å². The molecule has 346 valence electrons. The molecule has 1 unspecified atom stereocenters. The van der Waals surface area contributed by atoms with Gasteiger partial charge in [0.2, 0.25) is 11.8 Å². The van der Waals surface area contributed by atoms with Crippen molar-refractivity contribution in [2.45, 2.75) is 58.9 Å². The Morgan fingerprint density at radius 2 is 1.69 bits per heavy atom. The van der Waals surface area contributed by atoms with Gasteiger partial charge in [-0.15, -0.1) is 0 Å². The molecule has 0 radical (unpaired) electrons. The van der Waals surface area contributed by atoms with Crippen LogP contribution < -0.4 is 14.8 Å². The van der Waals surface area contributed by atoms with Crippen LogP contribution in [0.15, 0.2) is 72.8 Å². The molecule has 0 bridgehead atoms. The van der Waals surface area contributed by atoms with E-state index in [-0.39, 0.29) is 42.3 Å². The maximum atomic E-state index is 13.9. The molecule has 1 atom stereocenters. The van der Waals surface area contributed by atoms with Gasteiger partial charge in [-0.1, -0.05) is 29.8 Å². The van der Waals surface area contributed by atoms with Crippen molar-refractivity contribution >= 4 is 67.9 Å². The third-order valence-electron chi connectivity index (χ3n) is 13.2. The quantitative estimate of drug-likeness (QED) is 0.0811. The van der Waals surface area contributed by atoms with Gasteiger partial charge in [-0.05, 0) is 111 Å². The van der Waals surface area contributed by atoms with Crippen LogP contribution in [0.5, 0.6) is 11.5 Å². The second-order valence-corrected chi connectivity index (χ2v) is 17.8. The Labute approximate surface area is 391 Å². The van der Waals surface area contributed by atoms with Gasteiger partial charge in [0.15, 0.2) is 6.61 Å². The van der Waals surface area contributed by atoms with Crippen LogP contribution in [-0.2, 0) is 34.4 Å². The molecular weight excluding hydrogens is 877 g/mol. The number of piperazine rings is 1. The highest BCUT2D eigenvalue weighted by Crippen LogP contribution is 2.42. The van der Waals surface area contributed by atoms with E-state index in [4.69, 9.17) is 26.1 Å². The number of carbonyl (C=O) groups excluding carboxylic acids is 3. The lowest BCUT2D eigenvalue weighted by Gasteiger charge is -2.34. The second kappa shape index (κ2) is 18.8. The second-order valence-electron chi connectivity index (χ2n) is 17.4. The predicted octanol–water partition coefficient (Wildman–Crippen LogP) is 7.91. The SMILES string of the molecule is Cc1nc2ccc(OCC(=O)N3CCN(CCn4c(C(=O)O)c(CCCOc5cccc6cc(F)ccc56)c5ccc(Cl)c(-c6c(C)nn(C)c6C)c54)CC3)cc2cc1C1CCC(=O)NC1=O. The van der Waals surface area contributed by atoms with Gasteiger partial charge in [0, 0.05) is 91.4 Å². The van der Waals surface area contributed by atoms with E-state index in [2.05, 4.69) is 15.3 Å². The number of hydrogen-bond acceptors (Lipinski definition) is 9. The fourth-order valence-electron chi connectivity index (χ4n) is 9.77. The number of fused-ring (bicyclic) bond motifs is 3. The molecule has 9 rings (SSSR count). The number of carbonyl (C=O) groups is 4. The van der Waals surface area contributed by atoms with Crippen molar-refractivity contribution in [1.29, 1.82) is 0 Å². The molecular formula is C51H51ClFN7O7. The minimum absolute atomic E-state index is 0.153. The van der Waals surface area contributed by atoms with E-state index in [1.54, 1.807) is 21.7 Å². The highest BCUT2D eigenvalue weighted by Gasteiger charge is 2.31. The molecule has 67 heavy (non-hydrogen) atoms. The van der Waals surface area contributed by atoms with Crippen molar-refractivity contribution in [2.24, 2.45) is 7.05 Å². The van der Waals surface area contributed by atoms with Crippen molar-refractivity contribution in [3.05, 3.63) is 118 Å². The lowest BCUT2D eigenvalue weighted by molar-refractivity contribution is -0.135. The number of pyridine rings is 1. The highest BCUT2D eigenvalue weighted by atomic mass is 35.5. The molecule has 0 spiro atoms. The van der Waals surface area contributed by atoms with Gasteiger partial charge in [-0.25, -0.2) is 9.18 Å². The minimum Gasteiger partial charge on any atom is -0.493 e. The molecule has 0 saturated carbocycles. The Morgan fingerprint density at radius 1 is 0.896 bits per heavy atom. The van der Waals surface area contributed by atoms with E-state index < -0.39 is 11.9 Å². The van der Waals surface area contributed by atoms with Crippen LogP contribution in [0.2, 0.25) is 5.02 Å². The molecule has 2 saturated heterocycles. The monoisotopic (exact) mass is 927 g/mol. The molecule has 14 nitrogen and oxygen atoms in total. The Morgan fingerprint density at radius 3 is 2.43 bits per heavy atom. The van der Waals surface area contributed by atoms with E-state index in [0.29, 0.717) is 87.2 Å². The summed E-state index contributed by atoms with van der Waals surface area (Å²) in [5.41, 5.74) is 7.09. The van der Waals surface area contributed by atoms with Crippen LogP contribution >= 0.6 is 11.6 Å². The van der Waals surface area contributed by atoms with Crippen LogP contribution in [-0.4, -0.2) is 104 Å². The first-order valence-corrected chi connectivity index (χ1v) is 22.9. The lowest BCUT2D eigenvalue weighted by atomic mass is 9.89. The first-order valence-electron chi connectivity index (χ1n) is 22.5. The zero-order valence-electron chi connectivity index (χ0n) is 37.8. The summed E-state index contributed by atoms with van der Waals surface area (Å²) in [6.07, 6.45) is 1.62. The average Bonchev–Trinajstić information content (AvgIpc) is 3.76. The van der Waals surface area contributed by atoms with Crippen LogP contribution in [0.4, 0.5) is 4.39 Å². The fourth-order valence-corrected chi connectivity index (χ4v) is 10.0. The third kappa shape index (κ3) is 9.05. The Balaban J connectivity index is 0.895. The van der Waals surface area contributed by atoms with E-state index in [1.165, 1.54) is 12.1 Å². The number of nitrogens with zero attached hydrogens (tertiary/aromatic N) is 6. The molecule has 2 aliphatic rings. The van der Waals surface area contributed by atoms with Crippen molar-refractivity contribution in [3.63, 3.8) is 0 Å². The normalized spacial score (nSPS) is 15.7. The van der Waals surface area contributed by atoms with Crippen LogP contribution in [0.25, 0.3) is 43.7 Å². The molecule has 5 heterocycles. The Bertz CT molecular complexity index is 3120. The summed E-state index contributed by atoms with van der Waals surface area (Å²) in [6.45, 7) is 8.88. The third-order valence-corrected chi connectivity index (χ3v) is 13.5. The summed E-state index contributed by atoms with van der Waals surface area (Å²) in [7, 11) is 1.87. The summed E-state index contributed by atoms with van der Waals surface area (Å²) in [4.78, 5) is 59.9. The summed E-state index contributed by atoms with van der Waals surface area (Å²) in [6, 6.07) is 21.1. The maximum Gasteiger partial charge on any atom is 0.352 e. The van der Waals surface area contributed by atoms with Crippen LogP contribution in [0.1, 0.15) is 63.9 Å². The molecule has 16 heteroatoms. The number of rotatable bonds is 14. The Kier molecular flexibility index (Phi) is 12.7. The zero-order chi connectivity index (χ0) is 47.1. The van der Waals surface area contributed by atoms with Crippen molar-refractivity contribution in [3.8, 4) is 22.6 Å². The number of amides is 3. The topological polar surface area (TPSA) is 161 Å². The number of hydrogen-bond donors (Lipinski definition) is 2. The Hall–Kier alpha value is -6.84. The van der Waals surface area contributed by atoms with Crippen molar-refractivity contribution < 1.29 is 38.1 Å². The number of ether oxygens (including phenoxy) is 2. The molecule has 4 aromatic carbocycles. The average molecular weight is 928 g/mol. The van der Waals surface area contributed by atoms with E-state index >= 15 is 0 Å². The molecule has 7 aromatic rings. The molecule has 3 aromatic heterocycles. The van der Waals surface area contributed by atoms with Gasteiger partial charge in [0.1, 0.15) is 23.0 Å². The number of carboxylic acid groups (broad SMARTS) is 1. The summed E-state index contributed by atoms with van der Waals surface area (Å²) in [5.74, 6) is -1.46. The number of aromatic carboxylic acids is 1. The smallest absolute Gasteiger partial charge is 0.352 e. The van der Waals surface area contributed by atoms with Gasteiger partial charge >= 0.3 is 5.97 Å². The first-order chi connectivity index (χ1) is 32.2. The standard InChI is InChI=1S/C51H51ClFN7O7/c1-29-40(39-14-17-44(61)55-50(39)63)27-33-26-35(11-16-42(33)54-29)67-28-45(62)59-21-18-58(19-22-59)20-23-60-48-38(13-15-41(52)47(48)46-30(2)56-57(4)31(46)3)37(49(60)51(64)65)8-6-24-66-43-9-5-7-32-25-34(53)10-12-36(32)43/h5,7,9-13,15-16,25-27,39H,6,8,14,17-24,28H2,1-4H3,(H,64,65)(H,55,61,63). The number of aromatic nitrogens is 4. The van der Waals surface area contributed by atoms with Gasteiger partial charge in [-0.2, -0.15) is 5.10 Å². The summed E-state index contributed by atoms with van der Waals surface area (Å²) >= 11 is 7.07. The maximum absolute atomic E-state index is 13.9. The number of benzene rings is 4. The molecule has 2 fully saturated rings. The molecule has 3 amide bonds. The van der Waals surface area contributed by atoms with Crippen LogP contribution in [0.3, 0.4) is 0 Å². The number of carboxylic acids is 1. The van der Waals surface area contributed by atoms with Crippen molar-refractivity contribution in [1.82, 2.24) is 34.4 Å². The van der Waals surface area contributed by atoms with Gasteiger partial charge in [0.25, 0.3) is 5.91 Å². The predicted molar refractivity (Wildman–Crippen MR) is 253 cm³/mol. The number of piperidine rings is 1. The first kappa shape index (κ1) is 45.3. The van der Waals surface area contributed by atoms with E-state index in [1.807, 2.05) is 80.9 Å². The van der Waals surface area contributed by atoms with Gasteiger partial charge in [-0.3, -0.25) is 34.3 Å². The zero-order valence-corrected chi connectivity index (χ0v) is 38.6.